The summed E-state index contributed by atoms with van der Waals surface area (Å²) >= 11 is 0. The minimum absolute atomic E-state index is 0.0478. The lowest BCUT2D eigenvalue weighted by molar-refractivity contribution is -0.130. The number of carbonyl (C=O) groups is 1. The van der Waals surface area contributed by atoms with Gasteiger partial charge >= 0.3 is 0 Å². The van der Waals surface area contributed by atoms with Gasteiger partial charge in [0.05, 0.1) is 6.42 Å². The number of rotatable bonds is 8. The molecular weight excluding hydrogens is 264 g/mol. The van der Waals surface area contributed by atoms with Crippen molar-refractivity contribution in [3.05, 3.63) is 54.1 Å². The second-order valence-corrected chi connectivity index (χ2v) is 4.93. The number of imidazole rings is 1. The Kier molecular flexibility index (Phi) is 5.69. The number of nitrogens with zero attached hydrogens (tertiary/aromatic N) is 2. The summed E-state index contributed by atoms with van der Waals surface area (Å²) in [7, 11) is 0. The Morgan fingerprint density at radius 2 is 2.05 bits per heavy atom. The van der Waals surface area contributed by atoms with Crippen LogP contribution in [-0.2, 0) is 22.5 Å². The minimum Gasteiger partial charge on any atom is -0.366 e. The van der Waals surface area contributed by atoms with E-state index in [2.05, 4.69) is 11.9 Å². The summed E-state index contributed by atoms with van der Waals surface area (Å²) in [6, 6.07) is 9.64. The van der Waals surface area contributed by atoms with Gasteiger partial charge in [0.15, 0.2) is 5.78 Å². The SMILES string of the molecule is CCCn1ccnc1CC(=O)C(OCC)c1ccccc1. The van der Waals surface area contributed by atoms with Gasteiger partial charge in [-0.2, -0.15) is 0 Å². The summed E-state index contributed by atoms with van der Waals surface area (Å²) in [5, 5.41) is 0. The third-order valence-corrected chi connectivity index (χ3v) is 3.33. The van der Waals surface area contributed by atoms with Gasteiger partial charge in [-0.3, -0.25) is 4.79 Å². The molecule has 2 rings (SSSR count). The largest absolute Gasteiger partial charge is 0.366 e. The number of Topliss-reactive ketones (excluding diaryl/α,β-unsaturated/α-hetero) is 1. The van der Waals surface area contributed by atoms with Crippen molar-refractivity contribution in [3.63, 3.8) is 0 Å². The molecule has 1 heterocycles. The fraction of sp³-hybridized carbons (Fsp3) is 0.412. The van der Waals surface area contributed by atoms with Crippen LogP contribution in [0.2, 0.25) is 0 Å². The molecule has 0 saturated heterocycles. The molecule has 21 heavy (non-hydrogen) atoms. The van der Waals surface area contributed by atoms with Crippen molar-refractivity contribution in [1.82, 2.24) is 9.55 Å². The Bertz CT molecular complexity index is 563. The van der Waals surface area contributed by atoms with Crippen LogP contribution in [0.4, 0.5) is 0 Å². The normalized spacial score (nSPS) is 12.3. The Morgan fingerprint density at radius 3 is 2.71 bits per heavy atom. The quantitative estimate of drug-likeness (QED) is 0.748. The third kappa shape index (κ3) is 4.02. The maximum Gasteiger partial charge on any atom is 0.173 e. The van der Waals surface area contributed by atoms with E-state index in [4.69, 9.17) is 4.74 Å². The number of benzene rings is 1. The molecule has 0 N–H and O–H groups in total. The topological polar surface area (TPSA) is 44.1 Å². The van der Waals surface area contributed by atoms with Gasteiger partial charge in [0.25, 0.3) is 0 Å². The van der Waals surface area contributed by atoms with Gasteiger partial charge in [-0.1, -0.05) is 37.3 Å². The van der Waals surface area contributed by atoms with E-state index in [1.807, 2.05) is 48.0 Å². The molecule has 1 aromatic heterocycles. The van der Waals surface area contributed by atoms with Crippen molar-refractivity contribution in [2.45, 2.75) is 39.3 Å². The summed E-state index contributed by atoms with van der Waals surface area (Å²) in [5.41, 5.74) is 0.901. The fourth-order valence-corrected chi connectivity index (χ4v) is 2.37. The summed E-state index contributed by atoms with van der Waals surface area (Å²) in [6.07, 6.45) is 4.47. The summed E-state index contributed by atoms with van der Waals surface area (Å²) in [6.45, 7) is 5.40. The molecule has 1 atom stereocenters. The lowest BCUT2D eigenvalue weighted by Crippen LogP contribution is -2.20. The molecule has 4 heteroatoms. The molecule has 2 aromatic rings. The minimum atomic E-state index is -0.511. The zero-order valence-corrected chi connectivity index (χ0v) is 12.7. The van der Waals surface area contributed by atoms with Crippen LogP contribution in [0.3, 0.4) is 0 Å². The van der Waals surface area contributed by atoms with E-state index in [1.54, 1.807) is 6.20 Å². The molecule has 0 radical (unpaired) electrons. The molecule has 0 fully saturated rings. The number of hydrogen-bond donors (Lipinski definition) is 0. The average Bonchev–Trinajstić information content (AvgIpc) is 2.93. The van der Waals surface area contributed by atoms with Crippen LogP contribution >= 0.6 is 0 Å². The number of aromatic nitrogens is 2. The van der Waals surface area contributed by atoms with Crippen molar-refractivity contribution in [3.8, 4) is 0 Å². The first-order valence-corrected chi connectivity index (χ1v) is 7.45. The second kappa shape index (κ2) is 7.74. The van der Waals surface area contributed by atoms with E-state index in [0.717, 1.165) is 24.4 Å². The monoisotopic (exact) mass is 286 g/mol. The molecule has 0 bridgehead atoms. The molecule has 0 aliphatic rings. The predicted molar refractivity (Wildman–Crippen MR) is 82.0 cm³/mol. The lowest BCUT2D eigenvalue weighted by atomic mass is 10.0. The van der Waals surface area contributed by atoms with Crippen molar-refractivity contribution in [2.24, 2.45) is 0 Å². The van der Waals surface area contributed by atoms with E-state index < -0.39 is 6.10 Å². The summed E-state index contributed by atoms with van der Waals surface area (Å²) < 4.78 is 7.69. The van der Waals surface area contributed by atoms with Crippen molar-refractivity contribution >= 4 is 5.78 Å². The summed E-state index contributed by atoms with van der Waals surface area (Å²) in [4.78, 5) is 16.9. The molecular formula is C17H22N2O2. The van der Waals surface area contributed by atoms with E-state index in [-0.39, 0.29) is 5.78 Å². The van der Waals surface area contributed by atoms with Crippen LogP contribution < -0.4 is 0 Å². The standard InChI is InChI=1S/C17H22N2O2/c1-3-11-19-12-10-18-16(19)13-15(20)17(21-4-2)14-8-6-5-7-9-14/h5-10,12,17H,3-4,11,13H2,1-2H3. The maximum absolute atomic E-state index is 12.6. The highest BCUT2D eigenvalue weighted by Gasteiger charge is 2.22. The maximum atomic E-state index is 12.6. The number of carbonyl (C=O) groups excluding carboxylic acids is 1. The smallest absolute Gasteiger partial charge is 0.173 e. The van der Waals surface area contributed by atoms with Crippen LogP contribution in [-0.4, -0.2) is 21.9 Å². The Morgan fingerprint density at radius 1 is 1.29 bits per heavy atom. The Balaban J connectivity index is 2.14. The zero-order chi connectivity index (χ0) is 15.1. The van der Waals surface area contributed by atoms with E-state index in [9.17, 15) is 4.79 Å². The Labute approximate surface area is 125 Å². The van der Waals surface area contributed by atoms with Crippen LogP contribution in [0.15, 0.2) is 42.7 Å². The molecule has 1 unspecified atom stereocenters. The lowest BCUT2D eigenvalue weighted by Gasteiger charge is -2.16. The number of hydrogen-bond acceptors (Lipinski definition) is 3. The second-order valence-electron chi connectivity index (χ2n) is 4.93. The molecule has 4 nitrogen and oxygen atoms in total. The summed E-state index contributed by atoms with van der Waals surface area (Å²) in [5.74, 6) is 0.856. The number of aryl methyl sites for hydroxylation is 1. The zero-order valence-electron chi connectivity index (χ0n) is 12.7. The van der Waals surface area contributed by atoms with Gasteiger partial charge in [-0.25, -0.2) is 4.98 Å². The van der Waals surface area contributed by atoms with Crippen LogP contribution in [0.25, 0.3) is 0 Å². The molecule has 112 valence electrons. The van der Waals surface area contributed by atoms with E-state index in [0.29, 0.717) is 13.0 Å². The number of ether oxygens (including phenoxy) is 1. The predicted octanol–water partition coefficient (Wildman–Crippen LogP) is 3.18. The highest BCUT2D eigenvalue weighted by molar-refractivity contribution is 5.85. The van der Waals surface area contributed by atoms with Crippen molar-refractivity contribution in [1.29, 1.82) is 0 Å². The van der Waals surface area contributed by atoms with Crippen LogP contribution in [0.1, 0.15) is 37.8 Å². The average molecular weight is 286 g/mol. The van der Waals surface area contributed by atoms with Crippen LogP contribution in [0.5, 0.6) is 0 Å². The highest BCUT2D eigenvalue weighted by Crippen LogP contribution is 2.20. The van der Waals surface area contributed by atoms with E-state index >= 15 is 0 Å². The van der Waals surface area contributed by atoms with Gasteiger partial charge in [0, 0.05) is 25.5 Å². The van der Waals surface area contributed by atoms with Gasteiger partial charge in [-0.15, -0.1) is 0 Å². The van der Waals surface area contributed by atoms with Crippen molar-refractivity contribution in [2.75, 3.05) is 6.61 Å². The molecule has 0 spiro atoms. The molecule has 0 aliphatic heterocycles. The first-order valence-electron chi connectivity index (χ1n) is 7.45. The molecule has 0 saturated carbocycles. The highest BCUT2D eigenvalue weighted by atomic mass is 16.5. The van der Waals surface area contributed by atoms with Gasteiger partial charge in [0.1, 0.15) is 11.9 Å². The molecule has 1 aromatic carbocycles. The third-order valence-electron chi connectivity index (χ3n) is 3.33. The molecule has 0 amide bonds. The fourth-order valence-electron chi connectivity index (χ4n) is 2.37. The van der Waals surface area contributed by atoms with Gasteiger partial charge in [-0.05, 0) is 18.9 Å². The van der Waals surface area contributed by atoms with Gasteiger partial charge < -0.3 is 9.30 Å². The molecule has 0 aliphatic carbocycles. The first kappa shape index (κ1) is 15.4. The first-order chi connectivity index (χ1) is 10.3. The van der Waals surface area contributed by atoms with Crippen molar-refractivity contribution < 1.29 is 9.53 Å². The number of ketones is 1. The van der Waals surface area contributed by atoms with Crippen LogP contribution in [0, 0.1) is 0 Å². The Hall–Kier alpha value is -1.94. The van der Waals surface area contributed by atoms with E-state index in [1.165, 1.54) is 0 Å². The van der Waals surface area contributed by atoms with Gasteiger partial charge in [0.2, 0.25) is 0 Å².